The zero-order valence-electron chi connectivity index (χ0n) is 15.6. The van der Waals surface area contributed by atoms with E-state index in [2.05, 4.69) is 49.2 Å². The van der Waals surface area contributed by atoms with Crippen molar-refractivity contribution in [3.63, 3.8) is 0 Å². The first-order chi connectivity index (χ1) is 13.3. The van der Waals surface area contributed by atoms with Gasteiger partial charge in [0, 0.05) is 6.54 Å². The molecule has 7 heteroatoms. The summed E-state index contributed by atoms with van der Waals surface area (Å²) < 4.78 is 2.20. The zero-order valence-corrected chi connectivity index (χ0v) is 16.5. The van der Waals surface area contributed by atoms with Gasteiger partial charge in [0.05, 0.1) is 18.3 Å². The number of carbonyl (C=O) groups is 1. The third-order valence-corrected chi connectivity index (χ3v) is 6.52. The van der Waals surface area contributed by atoms with Crippen LogP contribution in [0.25, 0.3) is 0 Å². The number of aromatic nitrogens is 3. The van der Waals surface area contributed by atoms with Crippen LogP contribution in [0.1, 0.15) is 43.5 Å². The Balaban J connectivity index is 1.57. The molecule has 1 amide bonds. The summed E-state index contributed by atoms with van der Waals surface area (Å²) in [5, 5.41) is 12.8. The van der Waals surface area contributed by atoms with E-state index in [1.807, 2.05) is 6.07 Å². The summed E-state index contributed by atoms with van der Waals surface area (Å²) in [6, 6.07) is 10.4. The van der Waals surface area contributed by atoms with Gasteiger partial charge in [-0.15, -0.1) is 10.2 Å². The van der Waals surface area contributed by atoms with E-state index < -0.39 is 0 Å². The quantitative estimate of drug-likeness (QED) is 0.828. The molecule has 0 bridgehead atoms. The molecule has 27 heavy (non-hydrogen) atoms. The number of benzene rings is 1. The van der Waals surface area contributed by atoms with Crippen LogP contribution >= 0.6 is 11.8 Å². The van der Waals surface area contributed by atoms with Crippen LogP contribution in [0.3, 0.4) is 0 Å². The van der Waals surface area contributed by atoms with Crippen LogP contribution in [0.15, 0.2) is 35.5 Å². The van der Waals surface area contributed by atoms with Gasteiger partial charge >= 0.3 is 0 Å². The number of thioether (sulfide) groups is 1. The van der Waals surface area contributed by atoms with Crippen molar-refractivity contribution in [1.82, 2.24) is 25.0 Å². The van der Waals surface area contributed by atoms with Crippen LogP contribution in [0.2, 0.25) is 0 Å². The highest BCUT2D eigenvalue weighted by Gasteiger charge is 2.26. The van der Waals surface area contributed by atoms with Crippen molar-refractivity contribution in [2.45, 2.75) is 55.6 Å². The van der Waals surface area contributed by atoms with E-state index in [-0.39, 0.29) is 11.2 Å². The molecule has 1 aromatic carbocycles. The number of carbonyl (C=O) groups excluding carboxylic acids is 1. The summed E-state index contributed by atoms with van der Waals surface area (Å²) in [7, 11) is 0. The maximum Gasteiger partial charge on any atom is 0.233 e. The van der Waals surface area contributed by atoms with Gasteiger partial charge in [-0.05, 0) is 44.3 Å². The van der Waals surface area contributed by atoms with Gasteiger partial charge in [0.15, 0.2) is 5.16 Å². The fourth-order valence-electron chi connectivity index (χ4n) is 3.74. The standard InChI is InChI=1S/C20H27N5OS/c26-19-17(10-4-5-11-21-19)27-20-23-22-18(15-24-12-6-7-13-24)25(20)14-16-8-2-1-3-9-16/h1-3,8-9,17H,4-7,10-15H2,(H,21,26). The normalized spacial score (nSPS) is 21.2. The number of nitrogens with one attached hydrogen (secondary N) is 1. The minimum atomic E-state index is -0.0779. The highest BCUT2D eigenvalue weighted by atomic mass is 32.2. The Morgan fingerprint density at radius 2 is 1.85 bits per heavy atom. The Kier molecular flexibility index (Phi) is 6.09. The van der Waals surface area contributed by atoms with Crippen LogP contribution in [-0.4, -0.2) is 50.5 Å². The number of rotatable bonds is 6. The molecule has 0 aliphatic carbocycles. The Morgan fingerprint density at radius 3 is 2.67 bits per heavy atom. The van der Waals surface area contributed by atoms with Crippen LogP contribution in [0.5, 0.6) is 0 Å². The fraction of sp³-hybridized carbons (Fsp3) is 0.550. The van der Waals surface area contributed by atoms with Gasteiger partial charge in [0.2, 0.25) is 5.91 Å². The molecule has 2 saturated heterocycles. The molecule has 1 unspecified atom stereocenters. The van der Waals surface area contributed by atoms with Crippen LogP contribution in [-0.2, 0) is 17.9 Å². The summed E-state index contributed by atoms with van der Waals surface area (Å²) >= 11 is 1.57. The van der Waals surface area contributed by atoms with E-state index in [4.69, 9.17) is 0 Å². The van der Waals surface area contributed by atoms with Crippen molar-refractivity contribution in [3.8, 4) is 0 Å². The molecule has 2 fully saturated rings. The lowest BCUT2D eigenvalue weighted by atomic mass is 10.2. The van der Waals surface area contributed by atoms with Crippen molar-refractivity contribution in [1.29, 1.82) is 0 Å². The van der Waals surface area contributed by atoms with Crippen molar-refractivity contribution in [2.75, 3.05) is 19.6 Å². The van der Waals surface area contributed by atoms with E-state index in [0.717, 1.165) is 63.0 Å². The third-order valence-electron chi connectivity index (χ3n) is 5.27. The summed E-state index contributed by atoms with van der Waals surface area (Å²) in [6.07, 6.45) is 5.55. The third kappa shape index (κ3) is 4.71. The van der Waals surface area contributed by atoms with Crippen LogP contribution < -0.4 is 5.32 Å². The molecule has 4 rings (SSSR count). The highest BCUT2D eigenvalue weighted by Crippen LogP contribution is 2.28. The molecule has 1 aromatic heterocycles. The van der Waals surface area contributed by atoms with Crippen LogP contribution in [0.4, 0.5) is 0 Å². The van der Waals surface area contributed by atoms with Gasteiger partial charge < -0.3 is 9.88 Å². The minimum absolute atomic E-state index is 0.0779. The van der Waals surface area contributed by atoms with Crippen molar-refractivity contribution in [3.05, 3.63) is 41.7 Å². The summed E-state index contributed by atoms with van der Waals surface area (Å²) in [5.41, 5.74) is 1.23. The van der Waals surface area contributed by atoms with E-state index >= 15 is 0 Å². The van der Waals surface area contributed by atoms with Gasteiger partial charge in [0.25, 0.3) is 0 Å². The number of nitrogens with zero attached hydrogens (tertiary/aromatic N) is 4. The topological polar surface area (TPSA) is 63.1 Å². The summed E-state index contributed by atoms with van der Waals surface area (Å²) in [4.78, 5) is 14.8. The second-order valence-electron chi connectivity index (χ2n) is 7.35. The first kappa shape index (κ1) is 18.5. The maximum atomic E-state index is 12.4. The number of likely N-dealkylation sites (tertiary alicyclic amines) is 1. The smallest absolute Gasteiger partial charge is 0.233 e. The minimum Gasteiger partial charge on any atom is -0.355 e. The molecule has 2 aliphatic rings. The number of hydrogen-bond acceptors (Lipinski definition) is 5. The van der Waals surface area contributed by atoms with Gasteiger partial charge in [-0.3, -0.25) is 9.69 Å². The second-order valence-corrected chi connectivity index (χ2v) is 8.52. The summed E-state index contributed by atoms with van der Waals surface area (Å²) in [5.74, 6) is 1.13. The van der Waals surface area contributed by atoms with Gasteiger partial charge in [-0.2, -0.15) is 0 Å². The molecule has 2 aromatic rings. The van der Waals surface area contributed by atoms with Crippen LogP contribution in [0, 0.1) is 0 Å². The van der Waals surface area contributed by atoms with Crippen molar-refractivity contribution >= 4 is 17.7 Å². The molecule has 144 valence electrons. The average Bonchev–Trinajstić information content (AvgIpc) is 3.27. The van der Waals surface area contributed by atoms with E-state index in [0.29, 0.717) is 0 Å². The predicted octanol–water partition coefficient (Wildman–Crippen LogP) is 2.68. The molecule has 6 nitrogen and oxygen atoms in total. The maximum absolute atomic E-state index is 12.4. The first-order valence-electron chi connectivity index (χ1n) is 9.92. The average molecular weight is 386 g/mol. The molecule has 1 atom stereocenters. The molecular formula is C20H27N5OS. The SMILES string of the molecule is O=C1NCCCCC1Sc1nnc(CN2CCCC2)n1Cc1ccccc1. The molecular weight excluding hydrogens is 358 g/mol. The Morgan fingerprint density at radius 1 is 1.04 bits per heavy atom. The first-order valence-corrected chi connectivity index (χ1v) is 10.8. The fourth-order valence-corrected chi connectivity index (χ4v) is 4.85. The monoisotopic (exact) mass is 385 g/mol. The number of amides is 1. The second kappa shape index (κ2) is 8.89. The van der Waals surface area contributed by atoms with Gasteiger partial charge in [-0.25, -0.2) is 0 Å². The van der Waals surface area contributed by atoms with Crippen molar-refractivity contribution < 1.29 is 4.79 Å². The molecule has 1 N–H and O–H groups in total. The van der Waals surface area contributed by atoms with Crippen molar-refractivity contribution in [2.24, 2.45) is 0 Å². The Labute approximate surface area is 164 Å². The molecule has 0 spiro atoms. The number of hydrogen-bond donors (Lipinski definition) is 1. The lowest BCUT2D eigenvalue weighted by Crippen LogP contribution is -2.31. The van der Waals surface area contributed by atoms with E-state index in [1.54, 1.807) is 11.8 Å². The molecule has 0 saturated carbocycles. The molecule has 0 radical (unpaired) electrons. The van der Waals surface area contributed by atoms with E-state index in [1.165, 1.54) is 18.4 Å². The van der Waals surface area contributed by atoms with Gasteiger partial charge in [0.1, 0.15) is 5.82 Å². The predicted molar refractivity (Wildman–Crippen MR) is 107 cm³/mol. The van der Waals surface area contributed by atoms with E-state index in [9.17, 15) is 4.79 Å². The largest absolute Gasteiger partial charge is 0.355 e. The highest BCUT2D eigenvalue weighted by molar-refractivity contribution is 8.00. The lowest BCUT2D eigenvalue weighted by Gasteiger charge is -2.17. The Bertz CT molecular complexity index is 757. The lowest BCUT2D eigenvalue weighted by molar-refractivity contribution is -0.120. The summed E-state index contributed by atoms with van der Waals surface area (Å²) in [6.45, 7) is 4.62. The van der Waals surface area contributed by atoms with Gasteiger partial charge in [-0.1, -0.05) is 48.5 Å². The molecule has 2 aliphatic heterocycles. The molecule has 3 heterocycles. The zero-order chi connectivity index (χ0) is 18.5. The Hall–Kier alpha value is -1.86.